The molecule has 1 aliphatic carbocycles. The molecule has 146 valence electrons. The predicted octanol–water partition coefficient (Wildman–Crippen LogP) is 0.897. The van der Waals surface area contributed by atoms with Crippen molar-refractivity contribution < 1.29 is 9.59 Å². The highest BCUT2D eigenvalue weighted by molar-refractivity contribution is 6.15. The molecular formula is C19H23N7O2. The highest BCUT2D eigenvalue weighted by Gasteiger charge is 2.26. The summed E-state index contributed by atoms with van der Waals surface area (Å²) in [7, 11) is 0. The van der Waals surface area contributed by atoms with Gasteiger partial charge in [0.25, 0.3) is 5.91 Å². The van der Waals surface area contributed by atoms with Crippen molar-refractivity contribution >= 4 is 35.2 Å². The number of amides is 2. The topological polar surface area (TPSA) is 112 Å². The number of hydrogen-bond acceptors (Lipinski definition) is 7. The van der Waals surface area contributed by atoms with Crippen molar-refractivity contribution in [2.45, 2.75) is 44.2 Å². The van der Waals surface area contributed by atoms with Gasteiger partial charge in [-0.25, -0.2) is 4.98 Å². The highest BCUT2D eigenvalue weighted by atomic mass is 16.2. The molecule has 2 aliphatic heterocycles. The number of carbonyl (C=O) groups excluding carboxylic acids is 2. The minimum absolute atomic E-state index is 0.0936. The quantitative estimate of drug-likeness (QED) is 0.450. The van der Waals surface area contributed by atoms with Crippen molar-refractivity contribution in [2.75, 3.05) is 23.7 Å². The minimum Gasteiger partial charge on any atom is -0.367 e. The molecule has 4 heterocycles. The molecule has 0 bridgehead atoms. The van der Waals surface area contributed by atoms with E-state index < -0.39 is 0 Å². The number of carbonyl (C=O) groups is 2. The van der Waals surface area contributed by atoms with Crippen LogP contribution in [0.25, 0.3) is 11.7 Å². The number of rotatable bonds is 5. The van der Waals surface area contributed by atoms with Crippen LogP contribution in [0, 0.1) is 0 Å². The minimum atomic E-state index is -0.343. The summed E-state index contributed by atoms with van der Waals surface area (Å²) in [6.07, 6.45) is 7.91. The van der Waals surface area contributed by atoms with E-state index in [1.54, 1.807) is 16.8 Å². The Kier molecular flexibility index (Phi) is 4.23. The lowest BCUT2D eigenvalue weighted by Crippen LogP contribution is -2.35. The Hall–Kier alpha value is -2.94. The Morgan fingerprint density at radius 1 is 1.11 bits per heavy atom. The fourth-order valence-electron chi connectivity index (χ4n) is 3.68. The maximum absolute atomic E-state index is 11.9. The van der Waals surface area contributed by atoms with Crippen LogP contribution in [0.3, 0.4) is 0 Å². The molecule has 2 aromatic rings. The predicted molar refractivity (Wildman–Crippen MR) is 105 cm³/mol. The van der Waals surface area contributed by atoms with Gasteiger partial charge in [-0.3, -0.25) is 14.9 Å². The molecule has 2 aromatic heterocycles. The van der Waals surface area contributed by atoms with E-state index in [0.29, 0.717) is 23.3 Å². The number of fused-ring (bicyclic) bond motifs is 1. The Bertz CT molecular complexity index is 970. The molecule has 0 spiro atoms. The number of nitrogens with one attached hydrogen (secondary N) is 4. The van der Waals surface area contributed by atoms with Gasteiger partial charge in [-0.2, -0.15) is 9.61 Å². The summed E-state index contributed by atoms with van der Waals surface area (Å²) >= 11 is 0. The lowest BCUT2D eigenvalue weighted by atomic mass is 10.1. The van der Waals surface area contributed by atoms with Crippen molar-refractivity contribution in [3.8, 4) is 0 Å². The molecule has 9 heteroatoms. The van der Waals surface area contributed by atoms with Gasteiger partial charge in [0.1, 0.15) is 11.6 Å². The average Bonchev–Trinajstić information content (AvgIpc) is 3.32. The molecule has 0 radical (unpaired) electrons. The standard InChI is InChI=1S/C19H23N7O2/c27-17-8-11(19(28)25-17)7-12-10-21-26-16(23-13-1-2-13)9-15(24-18(12)26)22-14-3-5-20-6-4-14/h7,9-10,13-14,20,23H,1-6,8H2,(H,22,24)(H,25,27,28)/b11-7+. The van der Waals surface area contributed by atoms with Gasteiger partial charge in [0.2, 0.25) is 5.91 Å². The third-order valence-corrected chi connectivity index (χ3v) is 5.34. The largest absolute Gasteiger partial charge is 0.367 e. The van der Waals surface area contributed by atoms with Gasteiger partial charge < -0.3 is 16.0 Å². The number of anilines is 2. The summed E-state index contributed by atoms with van der Waals surface area (Å²) in [5, 5.41) is 17.2. The molecule has 4 N–H and O–H groups in total. The summed E-state index contributed by atoms with van der Waals surface area (Å²) < 4.78 is 1.77. The molecule has 9 nitrogen and oxygen atoms in total. The van der Waals surface area contributed by atoms with Gasteiger partial charge in [0.15, 0.2) is 5.65 Å². The van der Waals surface area contributed by atoms with Gasteiger partial charge in [-0.05, 0) is 44.8 Å². The zero-order valence-corrected chi connectivity index (χ0v) is 15.5. The summed E-state index contributed by atoms with van der Waals surface area (Å²) in [4.78, 5) is 28.2. The van der Waals surface area contributed by atoms with Crippen LogP contribution in [-0.4, -0.2) is 51.6 Å². The van der Waals surface area contributed by atoms with E-state index in [1.807, 2.05) is 6.07 Å². The second-order valence-electron chi connectivity index (χ2n) is 7.67. The fraction of sp³-hybridized carbons (Fsp3) is 0.474. The smallest absolute Gasteiger partial charge is 0.254 e. The Balaban J connectivity index is 1.52. The zero-order chi connectivity index (χ0) is 19.1. The lowest BCUT2D eigenvalue weighted by Gasteiger charge is -2.24. The highest BCUT2D eigenvalue weighted by Crippen LogP contribution is 2.28. The number of aromatic nitrogens is 3. The molecule has 2 amide bonds. The first-order valence-electron chi connectivity index (χ1n) is 9.83. The summed E-state index contributed by atoms with van der Waals surface area (Å²) in [6, 6.07) is 2.86. The number of imide groups is 1. The van der Waals surface area contributed by atoms with Crippen molar-refractivity contribution in [3.05, 3.63) is 23.4 Å². The van der Waals surface area contributed by atoms with E-state index in [0.717, 1.165) is 56.0 Å². The maximum atomic E-state index is 11.9. The third kappa shape index (κ3) is 3.45. The van der Waals surface area contributed by atoms with Crippen molar-refractivity contribution in [1.82, 2.24) is 25.2 Å². The number of piperidine rings is 1. The normalized spacial score (nSPS) is 22.1. The second kappa shape index (κ2) is 6.90. The Morgan fingerprint density at radius 3 is 2.61 bits per heavy atom. The van der Waals surface area contributed by atoms with E-state index in [1.165, 1.54) is 0 Å². The van der Waals surface area contributed by atoms with Crippen molar-refractivity contribution in [1.29, 1.82) is 0 Å². The number of nitrogens with zero attached hydrogens (tertiary/aromatic N) is 3. The Labute approximate surface area is 162 Å². The monoisotopic (exact) mass is 381 g/mol. The molecule has 0 atom stereocenters. The molecule has 5 rings (SSSR count). The second-order valence-corrected chi connectivity index (χ2v) is 7.67. The zero-order valence-electron chi connectivity index (χ0n) is 15.5. The maximum Gasteiger partial charge on any atom is 0.254 e. The Morgan fingerprint density at radius 2 is 1.89 bits per heavy atom. The van der Waals surface area contributed by atoms with Crippen LogP contribution in [-0.2, 0) is 9.59 Å². The molecule has 0 unspecified atom stereocenters. The molecule has 0 aromatic carbocycles. The summed E-state index contributed by atoms with van der Waals surface area (Å²) in [5.74, 6) is 1.07. The third-order valence-electron chi connectivity index (χ3n) is 5.34. The van der Waals surface area contributed by atoms with Crippen LogP contribution in [0.15, 0.2) is 17.8 Å². The first kappa shape index (κ1) is 17.2. The molecule has 28 heavy (non-hydrogen) atoms. The van der Waals surface area contributed by atoms with Crippen LogP contribution in [0.1, 0.15) is 37.7 Å². The molecule has 2 saturated heterocycles. The molecule has 1 saturated carbocycles. The van der Waals surface area contributed by atoms with Crippen LogP contribution in [0.2, 0.25) is 0 Å². The fourth-order valence-corrected chi connectivity index (χ4v) is 3.68. The summed E-state index contributed by atoms with van der Waals surface area (Å²) in [6.45, 7) is 2.00. The van der Waals surface area contributed by atoms with Crippen LogP contribution >= 0.6 is 0 Å². The van der Waals surface area contributed by atoms with Gasteiger partial charge in [0, 0.05) is 29.3 Å². The first-order valence-corrected chi connectivity index (χ1v) is 9.83. The van der Waals surface area contributed by atoms with Gasteiger partial charge in [-0.15, -0.1) is 0 Å². The van der Waals surface area contributed by atoms with Gasteiger partial charge >= 0.3 is 0 Å². The molecular weight excluding hydrogens is 358 g/mol. The van der Waals surface area contributed by atoms with Crippen LogP contribution in [0.5, 0.6) is 0 Å². The number of hydrogen-bond donors (Lipinski definition) is 4. The van der Waals surface area contributed by atoms with E-state index in [4.69, 9.17) is 4.98 Å². The molecule has 3 aliphatic rings. The van der Waals surface area contributed by atoms with Crippen molar-refractivity contribution in [3.63, 3.8) is 0 Å². The van der Waals surface area contributed by atoms with E-state index >= 15 is 0 Å². The van der Waals surface area contributed by atoms with E-state index in [9.17, 15) is 9.59 Å². The lowest BCUT2D eigenvalue weighted by molar-refractivity contribution is -0.124. The van der Waals surface area contributed by atoms with Crippen LogP contribution < -0.4 is 21.3 Å². The van der Waals surface area contributed by atoms with Crippen LogP contribution in [0.4, 0.5) is 11.6 Å². The van der Waals surface area contributed by atoms with E-state index in [-0.39, 0.29) is 18.2 Å². The first-order chi connectivity index (χ1) is 13.7. The van der Waals surface area contributed by atoms with E-state index in [2.05, 4.69) is 26.4 Å². The van der Waals surface area contributed by atoms with Gasteiger partial charge in [-0.1, -0.05) is 0 Å². The van der Waals surface area contributed by atoms with Crippen molar-refractivity contribution in [2.24, 2.45) is 0 Å². The van der Waals surface area contributed by atoms with Gasteiger partial charge in [0.05, 0.1) is 12.6 Å². The summed E-state index contributed by atoms with van der Waals surface area (Å²) in [5.41, 5.74) is 1.84. The molecule has 3 fully saturated rings. The SMILES string of the molecule is O=C1C/C(=C\c2cnn3c(NC4CC4)cc(NC4CCNCC4)nc23)C(=O)N1. The average molecular weight is 381 g/mol.